The fourth-order valence-electron chi connectivity index (χ4n) is 3.02. The average molecular weight is 313 g/mol. The molecule has 3 rings (SSSR count). The van der Waals surface area contributed by atoms with Crippen LogP contribution in [-0.4, -0.2) is 22.8 Å². The molecule has 0 unspecified atom stereocenters. The molecule has 0 aliphatic heterocycles. The van der Waals surface area contributed by atoms with Crippen molar-refractivity contribution in [3.8, 4) is 5.75 Å². The normalized spacial score (nSPS) is 16.7. The van der Waals surface area contributed by atoms with Crippen molar-refractivity contribution >= 4 is 5.91 Å². The molecule has 1 fully saturated rings. The summed E-state index contributed by atoms with van der Waals surface area (Å²) in [6, 6.07) is 7.83. The molecule has 1 heterocycles. The van der Waals surface area contributed by atoms with Crippen LogP contribution in [0.15, 0.2) is 36.7 Å². The lowest BCUT2D eigenvalue weighted by molar-refractivity contribution is -0.124. The van der Waals surface area contributed by atoms with Gasteiger partial charge in [0.15, 0.2) is 0 Å². The van der Waals surface area contributed by atoms with Crippen LogP contribution in [0.3, 0.4) is 0 Å². The highest BCUT2D eigenvalue weighted by atomic mass is 16.5. The van der Waals surface area contributed by atoms with Crippen molar-refractivity contribution in [2.24, 2.45) is 7.05 Å². The summed E-state index contributed by atoms with van der Waals surface area (Å²) in [4.78, 5) is 12.9. The van der Waals surface area contributed by atoms with E-state index in [1.807, 2.05) is 43.7 Å². The van der Waals surface area contributed by atoms with Gasteiger partial charge in [0.25, 0.3) is 0 Å². The van der Waals surface area contributed by atoms with E-state index in [-0.39, 0.29) is 17.4 Å². The number of methoxy groups -OCH3 is 1. The van der Waals surface area contributed by atoms with Gasteiger partial charge in [-0.05, 0) is 37.0 Å². The fraction of sp³-hybridized carbons (Fsp3) is 0.444. The first-order chi connectivity index (χ1) is 11.1. The fourth-order valence-corrected chi connectivity index (χ4v) is 3.02. The Morgan fingerprint density at radius 3 is 2.57 bits per heavy atom. The summed E-state index contributed by atoms with van der Waals surface area (Å²) in [7, 11) is 3.53. The number of aryl methyl sites for hydroxylation is 1. The second-order valence-corrected chi connectivity index (χ2v) is 6.19. The summed E-state index contributed by atoms with van der Waals surface area (Å²) in [6.45, 7) is 2.07. The van der Waals surface area contributed by atoms with Gasteiger partial charge < -0.3 is 10.1 Å². The van der Waals surface area contributed by atoms with Crippen molar-refractivity contribution in [2.45, 2.75) is 37.6 Å². The third kappa shape index (κ3) is 2.96. The summed E-state index contributed by atoms with van der Waals surface area (Å²) in [5.41, 5.74) is 1.74. The Bertz CT molecular complexity index is 687. The van der Waals surface area contributed by atoms with E-state index in [2.05, 4.69) is 17.3 Å². The van der Waals surface area contributed by atoms with Crippen molar-refractivity contribution in [1.29, 1.82) is 0 Å². The molecule has 1 saturated carbocycles. The molecule has 5 heteroatoms. The molecule has 1 N–H and O–H groups in total. The predicted octanol–water partition coefficient (Wildman–Crippen LogP) is 2.73. The molecule has 1 aliphatic rings. The molecule has 122 valence electrons. The van der Waals surface area contributed by atoms with Crippen molar-refractivity contribution in [3.63, 3.8) is 0 Å². The Labute approximate surface area is 136 Å². The molecular formula is C18H23N3O2. The molecule has 1 aromatic heterocycles. The maximum atomic E-state index is 12.9. The van der Waals surface area contributed by atoms with Gasteiger partial charge in [0.2, 0.25) is 5.91 Å². The van der Waals surface area contributed by atoms with E-state index in [0.29, 0.717) is 0 Å². The van der Waals surface area contributed by atoms with Crippen LogP contribution in [0.1, 0.15) is 43.4 Å². The number of ether oxygens (including phenoxy) is 1. The van der Waals surface area contributed by atoms with Gasteiger partial charge >= 0.3 is 0 Å². The van der Waals surface area contributed by atoms with Gasteiger partial charge in [-0.3, -0.25) is 9.48 Å². The van der Waals surface area contributed by atoms with Crippen LogP contribution >= 0.6 is 0 Å². The number of hydrogen-bond acceptors (Lipinski definition) is 3. The molecule has 1 atom stereocenters. The molecule has 0 spiro atoms. The van der Waals surface area contributed by atoms with Gasteiger partial charge in [-0.25, -0.2) is 0 Å². The quantitative estimate of drug-likeness (QED) is 0.892. The summed E-state index contributed by atoms with van der Waals surface area (Å²) in [6.07, 6.45) is 6.42. The van der Waals surface area contributed by atoms with E-state index >= 15 is 0 Å². The minimum Gasteiger partial charge on any atom is -0.497 e. The highest BCUT2D eigenvalue weighted by Gasteiger charge is 2.51. The Morgan fingerprint density at radius 2 is 2.09 bits per heavy atom. The molecule has 5 nitrogen and oxygen atoms in total. The first-order valence-electron chi connectivity index (χ1n) is 8.03. The second kappa shape index (κ2) is 6.07. The molecule has 0 bridgehead atoms. The lowest BCUT2D eigenvalue weighted by atomic mass is 9.94. The van der Waals surface area contributed by atoms with Crippen LogP contribution in [0.2, 0.25) is 0 Å². The van der Waals surface area contributed by atoms with Crippen molar-refractivity contribution in [2.75, 3.05) is 7.11 Å². The van der Waals surface area contributed by atoms with Crippen LogP contribution in [0.25, 0.3) is 0 Å². The van der Waals surface area contributed by atoms with E-state index < -0.39 is 0 Å². The third-order valence-electron chi connectivity index (χ3n) is 4.67. The number of aromatic nitrogens is 2. The first kappa shape index (κ1) is 15.6. The van der Waals surface area contributed by atoms with Gasteiger partial charge in [0.05, 0.1) is 24.8 Å². The average Bonchev–Trinajstić information content (AvgIpc) is 3.28. The zero-order valence-electron chi connectivity index (χ0n) is 13.9. The summed E-state index contributed by atoms with van der Waals surface area (Å²) >= 11 is 0. The van der Waals surface area contributed by atoms with Crippen LogP contribution in [0, 0.1) is 0 Å². The van der Waals surface area contributed by atoms with E-state index in [0.717, 1.165) is 36.1 Å². The number of amides is 1. The second-order valence-electron chi connectivity index (χ2n) is 6.19. The summed E-state index contributed by atoms with van der Waals surface area (Å²) < 4.78 is 6.96. The van der Waals surface area contributed by atoms with Crippen LogP contribution in [-0.2, 0) is 17.3 Å². The molecular weight excluding hydrogens is 290 g/mol. The van der Waals surface area contributed by atoms with Gasteiger partial charge in [0.1, 0.15) is 5.75 Å². The molecule has 0 radical (unpaired) electrons. The largest absolute Gasteiger partial charge is 0.497 e. The third-order valence-corrected chi connectivity index (χ3v) is 4.67. The molecule has 23 heavy (non-hydrogen) atoms. The molecule has 2 aromatic rings. The maximum absolute atomic E-state index is 12.9. The summed E-state index contributed by atoms with van der Waals surface area (Å²) in [5, 5.41) is 7.40. The van der Waals surface area contributed by atoms with Crippen molar-refractivity contribution < 1.29 is 9.53 Å². The Hall–Kier alpha value is -2.30. The van der Waals surface area contributed by atoms with E-state index in [4.69, 9.17) is 4.74 Å². The monoisotopic (exact) mass is 313 g/mol. The predicted molar refractivity (Wildman–Crippen MR) is 88.3 cm³/mol. The Morgan fingerprint density at radius 1 is 1.39 bits per heavy atom. The Balaban J connectivity index is 1.76. The van der Waals surface area contributed by atoms with Gasteiger partial charge in [-0.15, -0.1) is 0 Å². The van der Waals surface area contributed by atoms with Gasteiger partial charge in [-0.1, -0.05) is 19.1 Å². The number of rotatable bonds is 6. The summed E-state index contributed by atoms with van der Waals surface area (Å²) in [5.74, 6) is 0.921. The standard InChI is InChI=1S/C18H23N3O2/c1-4-16(13-11-19-21(2)12-13)20-17(22)18(9-10-18)14-5-7-15(23-3)8-6-14/h5-8,11-12,16H,4,9-10H2,1-3H3,(H,20,22)/t16-/m0/s1. The molecule has 1 amide bonds. The number of benzene rings is 1. The molecule has 0 saturated heterocycles. The topological polar surface area (TPSA) is 56.1 Å². The lowest BCUT2D eigenvalue weighted by Gasteiger charge is -2.21. The minimum atomic E-state index is -0.373. The number of nitrogens with one attached hydrogen (secondary N) is 1. The highest BCUT2D eigenvalue weighted by Crippen LogP contribution is 2.49. The van der Waals surface area contributed by atoms with E-state index in [9.17, 15) is 4.79 Å². The first-order valence-corrected chi connectivity index (χ1v) is 8.03. The Kier molecular flexibility index (Phi) is 4.11. The highest BCUT2D eigenvalue weighted by molar-refractivity contribution is 5.91. The van der Waals surface area contributed by atoms with Crippen molar-refractivity contribution in [1.82, 2.24) is 15.1 Å². The van der Waals surface area contributed by atoms with Crippen molar-refractivity contribution in [3.05, 3.63) is 47.8 Å². The minimum absolute atomic E-state index is 0.00641. The zero-order valence-corrected chi connectivity index (χ0v) is 13.9. The smallest absolute Gasteiger partial charge is 0.231 e. The maximum Gasteiger partial charge on any atom is 0.231 e. The lowest BCUT2D eigenvalue weighted by Crippen LogP contribution is -2.37. The number of carbonyl (C=O) groups is 1. The zero-order chi connectivity index (χ0) is 16.4. The van der Waals surface area contributed by atoms with Crippen LogP contribution < -0.4 is 10.1 Å². The van der Waals surface area contributed by atoms with E-state index in [1.165, 1.54) is 0 Å². The molecule has 1 aromatic carbocycles. The van der Waals surface area contributed by atoms with E-state index in [1.54, 1.807) is 11.8 Å². The number of nitrogens with zero attached hydrogens (tertiary/aromatic N) is 2. The van der Waals surface area contributed by atoms with Crippen LogP contribution in [0.4, 0.5) is 0 Å². The van der Waals surface area contributed by atoms with Gasteiger partial charge in [-0.2, -0.15) is 5.10 Å². The van der Waals surface area contributed by atoms with Crippen LogP contribution in [0.5, 0.6) is 5.75 Å². The van der Waals surface area contributed by atoms with Gasteiger partial charge in [0, 0.05) is 18.8 Å². The number of hydrogen-bond donors (Lipinski definition) is 1. The number of carbonyl (C=O) groups excluding carboxylic acids is 1. The molecule has 1 aliphatic carbocycles. The SMILES string of the molecule is CC[C@H](NC(=O)C1(c2ccc(OC)cc2)CC1)c1cnn(C)c1.